The monoisotopic (exact) mass is 268 g/mol. The van der Waals surface area contributed by atoms with Crippen molar-refractivity contribution >= 4 is 17.8 Å². The number of hydrogen-bond acceptors (Lipinski definition) is 7. The molecule has 0 amide bonds. The average Bonchev–Trinajstić information content (AvgIpc) is 2.37. The molecule has 19 heavy (non-hydrogen) atoms. The molecule has 7 heteroatoms. The number of anilines is 3. The first-order valence-electron chi connectivity index (χ1n) is 6.51. The first kappa shape index (κ1) is 15.4. The Balaban J connectivity index is 2.87. The van der Waals surface area contributed by atoms with Crippen LogP contribution in [0, 0.1) is 0 Å². The number of nitrogens with zero attached hydrogens (tertiary/aromatic N) is 4. The molecular weight excluding hydrogens is 244 g/mol. The summed E-state index contributed by atoms with van der Waals surface area (Å²) in [7, 11) is 3.74. The van der Waals surface area contributed by atoms with Gasteiger partial charge in [-0.1, -0.05) is 6.92 Å². The lowest BCUT2D eigenvalue weighted by Gasteiger charge is -2.22. The van der Waals surface area contributed by atoms with E-state index in [1.54, 1.807) is 6.92 Å². The zero-order valence-electron chi connectivity index (χ0n) is 12.4. The van der Waals surface area contributed by atoms with Gasteiger partial charge in [0.25, 0.3) is 0 Å². The molecule has 0 fully saturated rings. The van der Waals surface area contributed by atoms with E-state index in [4.69, 9.17) is 0 Å². The van der Waals surface area contributed by atoms with Crippen LogP contribution in [0.15, 0.2) is 0 Å². The van der Waals surface area contributed by atoms with Gasteiger partial charge in [0.2, 0.25) is 17.8 Å². The molecule has 0 saturated heterocycles. The summed E-state index contributed by atoms with van der Waals surface area (Å²) in [6, 6.07) is 0. The van der Waals surface area contributed by atoms with Gasteiger partial charge in [-0.2, -0.15) is 15.0 Å². The molecule has 1 rings (SSSR count). The lowest BCUT2D eigenvalue weighted by Crippen LogP contribution is -2.33. The van der Waals surface area contributed by atoms with Gasteiger partial charge >= 0.3 is 0 Å². The fourth-order valence-electron chi connectivity index (χ4n) is 1.28. The first-order valence-corrected chi connectivity index (χ1v) is 6.51. The van der Waals surface area contributed by atoms with Gasteiger partial charge in [0.15, 0.2) is 0 Å². The SMILES string of the molecule is CCNc1nc(NCC(C)(O)CC)nc(N(C)C)n1. The standard InChI is InChI=1S/C12H24N6O/c1-6-12(3,19)8-14-10-15-9(13-7-2)16-11(17-10)18(4)5/h19H,6-8H2,1-5H3,(H2,13,14,15,16,17). The van der Waals surface area contributed by atoms with Gasteiger partial charge in [-0.25, -0.2) is 0 Å². The Bertz CT molecular complexity index is 407. The maximum atomic E-state index is 9.98. The summed E-state index contributed by atoms with van der Waals surface area (Å²) >= 11 is 0. The van der Waals surface area contributed by atoms with E-state index >= 15 is 0 Å². The van der Waals surface area contributed by atoms with Gasteiger partial charge < -0.3 is 20.6 Å². The molecule has 108 valence electrons. The molecule has 0 aromatic carbocycles. The molecule has 0 aliphatic carbocycles. The minimum absolute atomic E-state index is 0.395. The number of aromatic nitrogens is 3. The highest BCUT2D eigenvalue weighted by atomic mass is 16.3. The van der Waals surface area contributed by atoms with E-state index in [1.165, 1.54) is 0 Å². The highest BCUT2D eigenvalue weighted by molar-refractivity contribution is 5.43. The molecule has 1 aromatic heterocycles. The van der Waals surface area contributed by atoms with Crippen LogP contribution in [-0.2, 0) is 0 Å². The van der Waals surface area contributed by atoms with Crippen LogP contribution in [0.1, 0.15) is 27.2 Å². The maximum absolute atomic E-state index is 9.98. The van der Waals surface area contributed by atoms with Crippen LogP contribution >= 0.6 is 0 Å². The van der Waals surface area contributed by atoms with Crippen LogP contribution in [0.5, 0.6) is 0 Å². The summed E-state index contributed by atoms with van der Waals surface area (Å²) < 4.78 is 0. The molecular formula is C12H24N6O. The van der Waals surface area contributed by atoms with Crippen molar-refractivity contribution in [3.63, 3.8) is 0 Å². The Hall–Kier alpha value is -1.63. The van der Waals surface area contributed by atoms with E-state index in [0.717, 1.165) is 6.54 Å². The summed E-state index contributed by atoms with van der Waals surface area (Å²) in [6.07, 6.45) is 0.658. The molecule has 0 aliphatic heterocycles. The second-order valence-corrected chi connectivity index (χ2v) is 4.91. The third-order valence-electron chi connectivity index (χ3n) is 2.75. The van der Waals surface area contributed by atoms with Crippen molar-refractivity contribution in [2.75, 3.05) is 42.7 Å². The van der Waals surface area contributed by atoms with Crippen LogP contribution in [-0.4, -0.2) is 52.8 Å². The van der Waals surface area contributed by atoms with Crippen molar-refractivity contribution in [2.24, 2.45) is 0 Å². The van der Waals surface area contributed by atoms with Crippen LogP contribution in [0.25, 0.3) is 0 Å². The third kappa shape index (κ3) is 4.86. The number of aliphatic hydroxyl groups is 1. The number of hydrogen-bond donors (Lipinski definition) is 3. The Labute approximate surface area is 114 Å². The van der Waals surface area contributed by atoms with Crippen molar-refractivity contribution < 1.29 is 5.11 Å². The Kier molecular flexibility index (Phi) is 5.29. The molecule has 0 aliphatic rings. The summed E-state index contributed by atoms with van der Waals surface area (Å²) in [5.74, 6) is 1.56. The van der Waals surface area contributed by atoms with Crippen LogP contribution in [0.2, 0.25) is 0 Å². The summed E-state index contributed by atoms with van der Waals surface area (Å²) in [5.41, 5.74) is -0.775. The lowest BCUT2D eigenvalue weighted by atomic mass is 10.0. The van der Waals surface area contributed by atoms with E-state index in [-0.39, 0.29) is 0 Å². The topological polar surface area (TPSA) is 86.2 Å². The average molecular weight is 268 g/mol. The maximum Gasteiger partial charge on any atom is 0.231 e. The molecule has 0 radical (unpaired) electrons. The minimum atomic E-state index is -0.775. The molecule has 1 atom stereocenters. The first-order chi connectivity index (χ1) is 8.88. The van der Waals surface area contributed by atoms with Gasteiger partial charge in [0.1, 0.15) is 0 Å². The molecule has 1 heterocycles. The van der Waals surface area contributed by atoms with E-state index in [2.05, 4.69) is 25.6 Å². The molecule has 0 saturated carbocycles. The van der Waals surface area contributed by atoms with Crippen molar-refractivity contribution in [3.8, 4) is 0 Å². The molecule has 7 nitrogen and oxygen atoms in total. The summed E-state index contributed by atoms with van der Waals surface area (Å²) in [4.78, 5) is 14.6. The molecule has 1 unspecified atom stereocenters. The third-order valence-corrected chi connectivity index (χ3v) is 2.75. The van der Waals surface area contributed by atoms with Gasteiger partial charge in [0, 0.05) is 27.2 Å². The Morgan fingerprint density at radius 3 is 2.16 bits per heavy atom. The van der Waals surface area contributed by atoms with Crippen molar-refractivity contribution in [2.45, 2.75) is 32.8 Å². The van der Waals surface area contributed by atoms with E-state index in [9.17, 15) is 5.11 Å². The normalized spacial score (nSPS) is 13.8. The summed E-state index contributed by atoms with van der Waals surface area (Å²) in [5, 5.41) is 16.1. The van der Waals surface area contributed by atoms with Gasteiger partial charge in [-0.3, -0.25) is 0 Å². The predicted octanol–water partition coefficient (Wildman–Crippen LogP) is 0.942. The van der Waals surface area contributed by atoms with Crippen LogP contribution < -0.4 is 15.5 Å². The largest absolute Gasteiger partial charge is 0.388 e. The highest BCUT2D eigenvalue weighted by Gasteiger charge is 2.18. The van der Waals surface area contributed by atoms with Gasteiger partial charge in [-0.15, -0.1) is 0 Å². The van der Waals surface area contributed by atoms with Gasteiger partial charge in [-0.05, 0) is 20.3 Å². The summed E-state index contributed by atoms with van der Waals surface area (Å²) in [6.45, 7) is 6.83. The number of rotatable bonds is 7. The lowest BCUT2D eigenvalue weighted by molar-refractivity contribution is 0.0695. The number of nitrogens with one attached hydrogen (secondary N) is 2. The Morgan fingerprint density at radius 2 is 1.68 bits per heavy atom. The van der Waals surface area contributed by atoms with Crippen molar-refractivity contribution in [1.82, 2.24) is 15.0 Å². The molecule has 3 N–H and O–H groups in total. The zero-order chi connectivity index (χ0) is 14.5. The fraction of sp³-hybridized carbons (Fsp3) is 0.750. The quantitative estimate of drug-likeness (QED) is 0.678. The van der Waals surface area contributed by atoms with E-state index in [1.807, 2.05) is 32.8 Å². The smallest absolute Gasteiger partial charge is 0.231 e. The highest BCUT2D eigenvalue weighted by Crippen LogP contribution is 2.13. The fourth-order valence-corrected chi connectivity index (χ4v) is 1.28. The van der Waals surface area contributed by atoms with E-state index < -0.39 is 5.60 Å². The Morgan fingerprint density at radius 1 is 1.11 bits per heavy atom. The van der Waals surface area contributed by atoms with Crippen LogP contribution in [0.3, 0.4) is 0 Å². The van der Waals surface area contributed by atoms with Crippen LogP contribution in [0.4, 0.5) is 17.8 Å². The molecule has 1 aromatic rings. The zero-order valence-corrected chi connectivity index (χ0v) is 12.4. The second kappa shape index (κ2) is 6.51. The van der Waals surface area contributed by atoms with Crippen molar-refractivity contribution in [3.05, 3.63) is 0 Å². The second-order valence-electron chi connectivity index (χ2n) is 4.91. The minimum Gasteiger partial charge on any atom is -0.388 e. The predicted molar refractivity (Wildman–Crippen MR) is 77.7 cm³/mol. The van der Waals surface area contributed by atoms with E-state index in [0.29, 0.717) is 30.8 Å². The van der Waals surface area contributed by atoms with Gasteiger partial charge in [0.05, 0.1) is 5.60 Å². The molecule has 0 bridgehead atoms. The molecule has 0 spiro atoms. The van der Waals surface area contributed by atoms with Crippen molar-refractivity contribution in [1.29, 1.82) is 0 Å².